The first kappa shape index (κ1) is 18.2. The summed E-state index contributed by atoms with van der Waals surface area (Å²) < 4.78 is 7.06. The van der Waals surface area contributed by atoms with E-state index in [1.807, 2.05) is 44.2 Å². The Balaban J connectivity index is 1.65. The van der Waals surface area contributed by atoms with Gasteiger partial charge in [-0.1, -0.05) is 30.0 Å². The Bertz CT molecular complexity index is 1220. The van der Waals surface area contributed by atoms with Crippen molar-refractivity contribution in [3.8, 4) is 11.4 Å². The number of fused-ring (bicyclic) bond motifs is 1. The zero-order chi connectivity index (χ0) is 19.7. The Hall–Kier alpha value is -3.20. The second kappa shape index (κ2) is 7.43. The molecule has 0 aliphatic rings. The molecule has 0 unspecified atom stereocenters. The lowest BCUT2D eigenvalue weighted by Gasteiger charge is -2.10. The van der Waals surface area contributed by atoms with Crippen molar-refractivity contribution in [2.75, 3.05) is 7.11 Å². The van der Waals surface area contributed by atoms with Crippen molar-refractivity contribution in [1.82, 2.24) is 30.2 Å². The zero-order valence-electron chi connectivity index (χ0n) is 15.6. The van der Waals surface area contributed by atoms with Crippen LogP contribution in [-0.4, -0.2) is 37.3 Å². The molecule has 0 aliphatic heterocycles. The van der Waals surface area contributed by atoms with E-state index in [2.05, 4.69) is 25.5 Å². The van der Waals surface area contributed by atoms with Crippen molar-refractivity contribution < 1.29 is 4.74 Å². The quantitative estimate of drug-likeness (QED) is 0.520. The Morgan fingerprint density at radius 2 is 2.07 bits per heavy atom. The van der Waals surface area contributed by atoms with E-state index in [1.54, 1.807) is 17.9 Å². The van der Waals surface area contributed by atoms with E-state index in [1.165, 1.54) is 11.8 Å². The molecule has 2 aromatic carbocycles. The molecule has 142 valence electrons. The second-order valence-corrected chi connectivity index (χ2v) is 7.26. The van der Waals surface area contributed by atoms with E-state index in [9.17, 15) is 4.79 Å². The molecule has 8 nitrogen and oxygen atoms in total. The van der Waals surface area contributed by atoms with Crippen molar-refractivity contribution in [1.29, 1.82) is 0 Å². The number of aromatic nitrogens is 6. The fraction of sp³-hybridized carbons (Fsp3) is 0.211. The van der Waals surface area contributed by atoms with E-state index in [-0.39, 0.29) is 5.56 Å². The van der Waals surface area contributed by atoms with Crippen LogP contribution in [0.2, 0.25) is 0 Å². The van der Waals surface area contributed by atoms with Crippen LogP contribution < -0.4 is 10.3 Å². The molecule has 0 saturated heterocycles. The molecule has 28 heavy (non-hydrogen) atoms. The lowest BCUT2D eigenvalue weighted by atomic mass is 10.1. The van der Waals surface area contributed by atoms with Gasteiger partial charge in [-0.05, 0) is 53.6 Å². The molecular formula is C19H18N6O2S. The SMILES string of the molecule is COc1ccc(C)cc1-n1nnnc1SCc1nc2c(C)cccc2c(=O)[nH]1. The summed E-state index contributed by atoms with van der Waals surface area (Å²) in [6, 6.07) is 11.4. The number of nitrogens with zero attached hydrogens (tertiary/aromatic N) is 5. The molecule has 0 bridgehead atoms. The summed E-state index contributed by atoms with van der Waals surface area (Å²) in [5.74, 6) is 1.67. The van der Waals surface area contributed by atoms with Crippen LogP contribution in [0.15, 0.2) is 46.3 Å². The van der Waals surface area contributed by atoms with Crippen LogP contribution in [0.5, 0.6) is 5.75 Å². The Kier molecular flexibility index (Phi) is 4.82. The maximum Gasteiger partial charge on any atom is 0.258 e. The fourth-order valence-electron chi connectivity index (χ4n) is 2.94. The minimum atomic E-state index is -0.149. The van der Waals surface area contributed by atoms with Gasteiger partial charge < -0.3 is 9.72 Å². The molecule has 1 N–H and O–H groups in total. The predicted molar refractivity (Wildman–Crippen MR) is 107 cm³/mol. The number of methoxy groups -OCH3 is 1. The first-order valence-electron chi connectivity index (χ1n) is 8.61. The van der Waals surface area contributed by atoms with Crippen LogP contribution in [0.1, 0.15) is 17.0 Å². The van der Waals surface area contributed by atoms with Gasteiger partial charge in [-0.15, -0.1) is 5.10 Å². The highest BCUT2D eigenvalue weighted by Gasteiger charge is 2.15. The number of aryl methyl sites for hydroxylation is 2. The summed E-state index contributed by atoms with van der Waals surface area (Å²) in [5, 5.41) is 13.2. The monoisotopic (exact) mass is 394 g/mol. The number of hydrogen-bond acceptors (Lipinski definition) is 7. The number of thioether (sulfide) groups is 1. The topological polar surface area (TPSA) is 98.6 Å². The zero-order valence-corrected chi connectivity index (χ0v) is 16.4. The molecule has 2 heterocycles. The normalized spacial score (nSPS) is 11.1. The number of rotatable bonds is 5. The van der Waals surface area contributed by atoms with E-state index < -0.39 is 0 Å². The Labute approximate surface area is 165 Å². The lowest BCUT2D eigenvalue weighted by Crippen LogP contribution is -2.12. The molecule has 0 radical (unpaired) electrons. The van der Waals surface area contributed by atoms with Crippen LogP contribution in [0, 0.1) is 13.8 Å². The molecule has 0 saturated carbocycles. The maximum absolute atomic E-state index is 12.4. The number of benzene rings is 2. The third kappa shape index (κ3) is 3.36. The van der Waals surface area contributed by atoms with Crippen LogP contribution in [-0.2, 0) is 5.75 Å². The molecular weight excluding hydrogens is 376 g/mol. The van der Waals surface area contributed by atoms with Gasteiger partial charge in [-0.25, -0.2) is 4.98 Å². The van der Waals surface area contributed by atoms with E-state index >= 15 is 0 Å². The minimum absolute atomic E-state index is 0.149. The van der Waals surface area contributed by atoms with Crippen molar-refractivity contribution in [2.45, 2.75) is 24.8 Å². The molecule has 9 heteroatoms. The third-order valence-corrected chi connectivity index (χ3v) is 5.26. The number of tetrazole rings is 1. The van der Waals surface area contributed by atoms with Crippen molar-refractivity contribution in [3.05, 3.63) is 63.7 Å². The minimum Gasteiger partial charge on any atom is -0.494 e. The average Bonchev–Trinajstić information content (AvgIpc) is 3.15. The van der Waals surface area contributed by atoms with Crippen molar-refractivity contribution >= 4 is 22.7 Å². The number of para-hydroxylation sites is 1. The number of aromatic amines is 1. The van der Waals surface area contributed by atoms with Gasteiger partial charge in [0, 0.05) is 0 Å². The molecule has 2 aromatic heterocycles. The Morgan fingerprint density at radius 1 is 1.21 bits per heavy atom. The summed E-state index contributed by atoms with van der Waals surface area (Å²) in [4.78, 5) is 19.8. The number of hydrogen-bond donors (Lipinski definition) is 1. The summed E-state index contributed by atoms with van der Waals surface area (Å²) in [7, 11) is 1.61. The number of nitrogens with one attached hydrogen (secondary N) is 1. The van der Waals surface area contributed by atoms with E-state index in [0.717, 1.165) is 16.8 Å². The lowest BCUT2D eigenvalue weighted by molar-refractivity contribution is 0.410. The standard InChI is InChI=1S/C19H18N6O2S/c1-11-7-8-15(27-3)14(9-11)25-19(22-23-24-25)28-10-16-20-17-12(2)5-4-6-13(17)18(26)21-16/h4-9H,10H2,1-3H3,(H,20,21,26). The highest BCUT2D eigenvalue weighted by molar-refractivity contribution is 7.98. The second-order valence-electron chi connectivity index (χ2n) is 6.32. The van der Waals surface area contributed by atoms with Gasteiger partial charge >= 0.3 is 0 Å². The van der Waals surface area contributed by atoms with Gasteiger partial charge in [0.25, 0.3) is 5.56 Å². The summed E-state index contributed by atoms with van der Waals surface area (Å²) in [6.45, 7) is 3.93. The third-order valence-electron chi connectivity index (χ3n) is 4.33. The fourth-order valence-corrected chi connectivity index (χ4v) is 3.69. The molecule has 4 aromatic rings. The van der Waals surface area contributed by atoms with Crippen molar-refractivity contribution in [2.24, 2.45) is 0 Å². The molecule has 0 fully saturated rings. The average molecular weight is 394 g/mol. The predicted octanol–water partition coefficient (Wildman–Crippen LogP) is 2.82. The maximum atomic E-state index is 12.4. The van der Waals surface area contributed by atoms with Crippen LogP contribution >= 0.6 is 11.8 Å². The van der Waals surface area contributed by atoms with Crippen molar-refractivity contribution in [3.63, 3.8) is 0 Å². The first-order valence-corrected chi connectivity index (χ1v) is 9.60. The molecule has 0 aliphatic carbocycles. The summed E-state index contributed by atoms with van der Waals surface area (Å²) in [5.41, 5.74) is 3.35. The summed E-state index contributed by atoms with van der Waals surface area (Å²) in [6.07, 6.45) is 0. The molecule has 0 atom stereocenters. The van der Waals surface area contributed by atoms with Gasteiger partial charge in [0.15, 0.2) is 0 Å². The van der Waals surface area contributed by atoms with Crippen LogP contribution in [0.25, 0.3) is 16.6 Å². The van der Waals surface area contributed by atoms with Gasteiger partial charge in [0.05, 0.1) is 23.8 Å². The van der Waals surface area contributed by atoms with E-state index in [4.69, 9.17) is 4.74 Å². The highest BCUT2D eigenvalue weighted by atomic mass is 32.2. The summed E-state index contributed by atoms with van der Waals surface area (Å²) >= 11 is 1.39. The largest absolute Gasteiger partial charge is 0.494 e. The number of ether oxygens (including phenoxy) is 1. The smallest absolute Gasteiger partial charge is 0.258 e. The van der Waals surface area contributed by atoms with Gasteiger partial charge in [0.1, 0.15) is 17.3 Å². The highest BCUT2D eigenvalue weighted by Crippen LogP contribution is 2.28. The van der Waals surface area contributed by atoms with Crippen LogP contribution in [0.3, 0.4) is 0 Å². The first-order chi connectivity index (χ1) is 13.6. The molecule has 0 amide bonds. The van der Waals surface area contributed by atoms with Gasteiger partial charge in [-0.2, -0.15) is 4.68 Å². The van der Waals surface area contributed by atoms with Gasteiger partial charge in [-0.3, -0.25) is 4.79 Å². The van der Waals surface area contributed by atoms with E-state index in [0.29, 0.717) is 33.4 Å². The van der Waals surface area contributed by atoms with Crippen LogP contribution in [0.4, 0.5) is 0 Å². The Morgan fingerprint density at radius 3 is 2.89 bits per heavy atom. The van der Waals surface area contributed by atoms with Gasteiger partial charge in [0.2, 0.25) is 5.16 Å². The number of H-pyrrole nitrogens is 1. The molecule has 4 rings (SSSR count). The molecule has 0 spiro atoms.